The molecule has 4 nitrogen and oxygen atoms in total. The van der Waals surface area contributed by atoms with Gasteiger partial charge in [-0.1, -0.05) is 24.6 Å². The molecule has 1 aliphatic heterocycles. The van der Waals surface area contributed by atoms with E-state index in [1.165, 1.54) is 4.90 Å². The molecule has 3 atom stereocenters. The fourth-order valence-electron chi connectivity index (χ4n) is 3.49. The number of benzene rings is 1. The molecule has 1 aromatic rings. The first-order valence-electron chi connectivity index (χ1n) is 7.59. The molecule has 21 heavy (non-hydrogen) atoms. The van der Waals surface area contributed by atoms with E-state index < -0.39 is 6.10 Å². The van der Waals surface area contributed by atoms with Gasteiger partial charge < -0.3 is 5.11 Å². The number of aliphatic hydroxyl groups is 1. The third kappa shape index (κ3) is 2.38. The van der Waals surface area contributed by atoms with Crippen LogP contribution < -0.4 is 0 Å². The molecule has 1 N–H and O–H groups in total. The molecule has 0 spiro atoms. The molecule has 1 saturated heterocycles. The second-order valence-electron chi connectivity index (χ2n) is 6.29. The smallest absolute Gasteiger partial charge is 0.233 e. The number of nitrogens with zero attached hydrogens (tertiary/aromatic N) is 1. The van der Waals surface area contributed by atoms with Crippen molar-refractivity contribution in [3.05, 3.63) is 34.9 Å². The van der Waals surface area contributed by atoms with Crippen molar-refractivity contribution in [2.24, 2.45) is 11.8 Å². The number of likely N-dealkylation sites (tertiary alicyclic amines) is 1. The first-order chi connectivity index (χ1) is 9.99. The second kappa shape index (κ2) is 5.26. The van der Waals surface area contributed by atoms with Crippen LogP contribution in [-0.2, 0) is 9.59 Å². The summed E-state index contributed by atoms with van der Waals surface area (Å²) < 4.78 is 0. The maximum atomic E-state index is 12.3. The number of β-amino-alcohol motifs (C(OH)–C–C–N with tert-alkyl or cyclic N) is 1. The molecule has 0 aromatic heterocycles. The van der Waals surface area contributed by atoms with Gasteiger partial charge >= 0.3 is 0 Å². The predicted molar refractivity (Wildman–Crippen MR) is 78.4 cm³/mol. The fourth-order valence-corrected chi connectivity index (χ4v) is 3.49. The Bertz CT molecular complexity index is 574. The Morgan fingerprint density at radius 3 is 2.33 bits per heavy atom. The minimum atomic E-state index is -0.809. The summed E-state index contributed by atoms with van der Waals surface area (Å²) in [5.74, 6) is -0.454. The third-order valence-electron chi connectivity index (χ3n) is 4.95. The van der Waals surface area contributed by atoms with Crippen molar-refractivity contribution < 1.29 is 14.7 Å². The van der Waals surface area contributed by atoms with Crippen molar-refractivity contribution in [1.29, 1.82) is 0 Å². The Balaban J connectivity index is 1.75. The van der Waals surface area contributed by atoms with Crippen molar-refractivity contribution in [2.45, 2.75) is 39.2 Å². The lowest BCUT2D eigenvalue weighted by Crippen LogP contribution is -2.35. The van der Waals surface area contributed by atoms with E-state index in [1.54, 1.807) is 0 Å². The third-order valence-corrected chi connectivity index (χ3v) is 4.95. The minimum Gasteiger partial charge on any atom is -0.387 e. The molecular weight excluding hydrogens is 266 g/mol. The van der Waals surface area contributed by atoms with Crippen LogP contribution in [-0.4, -0.2) is 28.4 Å². The molecule has 2 amide bonds. The summed E-state index contributed by atoms with van der Waals surface area (Å²) in [6.07, 6.45) is 1.77. The molecule has 0 bridgehead atoms. The van der Waals surface area contributed by atoms with E-state index in [4.69, 9.17) is 0 Å². The Morgan fingerprint density at radius 2 is 1.76 bits per heavy atom. The summed E-state index contributed by atoms with van der Waals surface area (Å²) in [6, 6.07) is 5.74. The quantitative estimate of drug-likeness (QED) is 0.866. The van der Waals surface area contributed by atoms with E-state index in [9.17, 15) is 14.7 Å². The molecule has 1 saturated carbocycles. The Morgan fingerprint density at radius 1 is 1.14 bits per heavy atom. The highest BCUT2D eigenvalue weighted by molar-refractivity contribution is 6.05. The summed E-state index contributed by atoms with van der Waals surface area (Å²) in [6.45, 7) is 4.08. The summed E-state index contributed by atoms with van der Waals surface area (Å²) in [5.41, 5.74) is 3.02. The van der Waals surface area contributed by atoms with Crippen LogP contribution in [0.15, 0.2) is 18.2 Å². The average Bonchev–Trinajstić information content (AvgIpc) is 3.02. The number of hydrogen-bond donors (Lipinski definition) is 1. The monoisotopic (exact) mass is 287 g/mol. The Labute approximate surface area is 124 Å². The average molecular weight is 287 g/mol. The number of aryl methyl sites for hydroxylation is 2. The molecule has 2 aliphatic rings. The largest absolute Gasteiger partial charge is 0.387 e. The van der Waals surface area contributed by atoms with Gasteiger partial charge in [-0.3, -0.25) is 14.5 Å². The van der Waals surface area contributed by atoms with Crippen LogP contribution in [0.4, 0.5) is 0 Å². The van der Waals surface area contributed by atoms with Gasteiger partial charge in [-0.25, -0.2) is 0 Å². The number of fused-ring (bicyclic) bond motifs is 1. The van der Waals surface area contributed by atoms with Crippen LogP contribution in [0, 0.1) is 25.7 Å². The lowest BCUT2D eigenvalue weighted by atomic mass is 10.00. The maximum absolute atomic E-state index is 12.3. The molecule has 3 unspecified atom stereocenters. The van der Waals surface area contributed by atoms with Crippen LogP contribution in [0.1, 0.15) is 42.1 Å². The highest BCUT2D eigenvalue weighted by Crippen LogP contribution is 2.40. The predicted octanol–water partition coefficient (Wildman–Crippen LogP) is 2.12. The molecule has 3 rings (SSSR count). The number of carbonyl (C=O) groups excluding carboxylic acids is 2. The van der Waals surface area contributed by atoms with E-state index in [-0.39, 0.29) is 30.2 Å². The van der Waals surface area contributed by atoms with Gasteiger partial charge in [0.05, 0.1) is 24.5 Å². The van der Waals surface area contributed by atoms with Crippen LogP contribution >= 0.6 is 0 Å². The number of hydrogen-bond acceptors (Lipinski definition) is 3. The van der Waals surface area contributed by atoms with Crippen molar-refractivity contribution in [3.63, 3.8) is 0 Å². The summed E-state index contributed by atoms with van der Waals surface area (Å²) in [4.78, 5) is 25.8. The van der Waals surface area contributed by atoms with E-state index in [0.29, 0.717) is 0 Å². The van der Waals surface area contributed by atoms with Crippen molar-refractivity contribution in [2.75, 3.05) is 6.54 Å². The first kappa shape index (κ1) is 14.3. The van der Waals surface area contributed by atoms with Crippen molar-refractivity contribution in [3.8, 4) is 0 Å². The number of imide groups is 1. The summed E-state index contributed by atoms with van der Waals surface area (Å²) >= 11 is 0. The van der Waals surface area contributed by atoms with Crippen LogP contribution in [0.3, 0.4) is 0 Å². The standard InChI is InChI=1S/C17H21NO3/c1-10-6-7-12(8-11(10)2)15(19)9-18-16(20)13-4-3-5-14(13)17(18)21/h6-8,13-15,19H,3-5,9H2,1-2H3. The van der Waals surface area contributed by atoms with E-state index >= 15 is 0 Å². The first-order valence-corrected chi connectivity index (χ1v) is 7.59. The minimum absolute atomic E-state index is 0.0766. The lowest BCUT2D eigenvalue weighted by molar-refractivity contribution is -0.142. The van der Waals surface area contributed by atoms with Crippen LogP contribution in [0.5, 0.6) is 0 Å². The van der Waals surface area contributed by atoms with E-state index in [2.05, 4.69) is 0 Å². The molecule has 112 valence electrons. The van der Waals surface area contributed by atoms with Gasteiger partial charge in [-0.05, 0) is 43.4 Å². The number of carbonyl (C=O) groups is 2. The normalized spacial score (nSPS) is 26.3. The molecule has 4 heteroatoms. The van der Waals surface area contributed by atoms with Gasteiger partial charge in [-0.15, -0.1) is 0 Å². The number of rotatable bonds is 3. The topological polar surface area (TPSA) is 57.6 Å². The molecule has 2 fully saturated rings. The van der Waals surface area contributed by atoms with Crippen molar-refractivity contribution in [1.82, 2.24) is 4.90 Å². The van der Waals surface area contributed by atoms with Gasteiger partial charge in [0.15, 0.2) is 0 Å². The zero-order valence-corrected chi connectivity index (χ0v) is 12.5. The molecule has 1 aromatic carbocycles. The maximum Gasteiger partial charge on any atom is 0.233 e. The zero-order valence-electron chi connectivity index (χ0n) is 12.5. The zero-order chi connectivity index (χ0) is 15.1. The summed E-state index contributed by atoms with van der Waals surface area (Å²) in [5, 5.41) is 10.3. The van der Waals surface area contributed by atoms with Gasteiger partial charge in [0.1, 0.15) is 0 Å². The van der Waals surface area contributed by atoms with E-state index in [0.717, 1.165) is 36.0 Å². The molecule has 1 aliphatic carbocycles. The molecule has 1 heterocycles. The molecule has 0 radical (unpaired) electrons. The highest BCUT2D eigenvalue weighted by atomic mass is 16.3. The second-order valence-corrected chi connectivity index (χ2v) is 6.29. The highest BCUT2D eigenvalue weighted by Gasteiger charge is 2.49. The summed E-state index contributed by atoms with van der Waals surface area (Å²) in [7, 11) is 0. The van der Waals surface area contributed by atoms with E-state index in [1.807, 2.05) is 32.0 Å². The fraction of sp³-hybridized carbons (Fsp3) is 0.529. The van der Waals surface area contributed by atoms with Gasteiger partial charge in [0.25, 0.3) is 0 Å². The van der Waals surface area contributed by atoms with Crippen LogP contribution in [0.25, 0.3) is 0 Å². The van der Waals surface area contributed by atoms with Crippen molar-refractivity contribution >= 4 is 11.8 Å². The Hall–Kier alpha value is -1.68. The molecular formula is C17H21NO3. The SMILES string of the molecule is Cc1ccc(C(O)CN2C(=O)C3CCCC3C2=O)cc1C. The van der Waals surface area contributed by atoms with Gasteiger partial charge in [0.2, 0.25) is 11.8 Å². The Kier molecular flexibility index (Phi) is 3.57. The van der Waals surface area contributed by atoms with Crippen LogP contribution in [0.2, 0.25) is 0 Å². The number of aliphatic hydroxyl groups excluding tert-OH is 1. The number of amides is 2. The van der Waals surface area contributed by atoms with Gasteiger partial charge in [-0.2, -0.15) is 0 Å². The lowest BCUT2D eigenvalue weighted by Gasteiger charge is -2.20. The van der Waals surface area contributed by atoms with Gasteiger partial charge in [0, 0.05) is 0 Å².